The second-order valence-electron chi connectivity index (χ2n) is 6.09. The summed E-state index contributed by atoms with van der Waals surface area (Å²) in [4.78, 5) is 14.6. The van der Waals surface area contributed by atoms with Gasteiger partial charge in [0.1, 0.15) is 0 Å². The standard InChI is InChI=1S/C15H31NO2/c1-10(2)15(17)14(9-18-13(7)8)16(11(3)4)12(5)6/h10-14H,9H2,1-8H3. The molecule has 0 bridgehead atoms. The molecule has 0 aromatic carbocycles. The summed E-state index contributed by atoms with van der Waals surface area (Å²) in [5, 5.41) is 0. The van der Waals surface area contributed by atoms with Crippen molar-refractivity contribution in [2.75, 3.05) is 6.61 Å². The number of rotatable bonds is 8. The lowest BCUT2D eigenvalue weighted by atomic mass is 9.98. The van der Waals surface area contributed by atoms with E-state index in [1.165, 1.54) is 0 Å². The van der Waals surface area contributed by atoms with E-state index in [2.05, 4.69) is 32.6 Å². The average Bonchev–Trinajstić information content (AvgIpc) is 2.21. The molecule has 0 heterocycles. The second kappa shape index (κ2) is 7.90. The Kier molecular flexibility index (Phi) is 7.72. The SMILES string of the molecule is CC(C)OCC(C(=O)C(C)C)N(C(C)C)C(C)C. The summed E-state index contributed by atoms with van der Waals surface area (Å²) in [6.45, 7) is 17.0. The number of hydrogen-bond donors (Lipinski definition) is 0. The van der Waals surface area contributed by atoms with E-state index in [0.29, 0.717) is 18.7 Å². The quantitative estimate of drug-likeness (QED) is 0.669. The first kappa shape index (κ1) is 17.6. The van der Waals surface area contributed by atoms with Crippen molar-refractivity contribution in [1.29, 1.82) is 0 Å². The van der Waals surface area contributed by atoms with Crippen molar-refractivity contribution in [3.05, 3.63) is 0 Å². The number of hydrogen-bond acceptors (Lipinski definition) is 3. The molecule has 0 saturated carbocycles. The van der Waals surface area contributed by atoms with Crippen LogP contribution in [0.3, 0.4) is 0 Å². The molecule has 0 N–H and O–H groups in total. The number of ether oxygens (including phenoxy) is 1. The van der Waals surface area contributed by atoms with Gasteiger partial charge in [-0.25, -0.2) is 0 Å². The van der Waals surface area contributed by atoms with Crippen LogP contribution < -0.4 is 0 Å². The summed E-state index contributed by atoms with van der Waals surface area (Å²) >= 11 is 0. The Hall–Kier alpha value is -0.410. The lowest BCUT2D eigenvalue weighted by Gasteiger charge is -2.38. The van der Waals surface area contributed by atoms with Crippen LogP contribution in [0.25, 0.3) is 0 Å². The maximum Gasteiger partial charge on any atom is 0.154 e. The maximum absolute atomic E-state index is 12.4. The fourth-order valence-electron chi connectivity index (χ4n) is 2.30. The fourth-order valence-corrected chi connectivity index (χ4v) is 2.30. The lowest BCUT2D eigenvalue weighted by molar-refractivity contribution is -0.132. The van der Waals surface area contributed by atoms with Crippen molar-refractivity contribution < 1.29 is 9.53 Å². The molecule has 0 aromatic heterocycles. The number of Topliss-reactive ketones (excluding diaryl/α,β-unsaturated/α-hetero) is 1. The molecule has 0 saturated heterocycles. The zero-order valence-corrected chi connectivity index (χ0v) is 13.4. The highest BCUT2D eigenvalue weighted by molar-refractivity contribution is 5.85. The van der Waals surface area contributed by atoms with Gasteiger partial charge in [-0.3, -0.25) is 9.69 Å². The largest absolute Gasteiger partial charge is 0.377 e. The Morgan fingerprint density at radius 3 is 1.67 bits per heavy atom. The zero-order valence-electron chi connectivity index (χ0n) is 13.4. The van der Waals surface area contributed by atoms with Crippen molar-refractivity contribution in [1.82, 2.24) is 4.90 Å². The van der Waals surface area contributed by atoms with E-state index >= 15 is 0 Å². The van der Waals surface area contributed by atoms with E-state index in [1.54, 1.807) is 0 Å². The van der Waals surface area contributed by atoms with Gasteiger partial charge in [-0.2, -0.15) is 0 Å². The molecule has 0 amide bonds. The molecular formula is C15H31NO2. The molecule has 3 heteroatoms. The molecule has 18 heavy (non-hydrogen) atoms. The number of nitrogens with zero attached hydrogens (tertiary/aromatic N) is 1. The minimum atomic E-state index is -0.132. The van der Waals surface area contributed by atoms with Gasteiger partial charge >= 0.3 is 0 Å². The topological polar surface area (TPSA) is 29.5 Å². The van der Waals surface area contributed by atoms with Gasteiger partial charge in [0.2, 0.25) is 0 Å². The van der Waals surface area contributed by atoms with E-state index < -0.39 is 0 Å². The third-order valence-corrected chi connectivity index (χ3v) is 3.04. The molecular weight excluding hydrogens is 226 g/mol. The molecule has 108 valence electrons. The molecule has 0 rings (SSSR count). The Labute approximate surface area is 113 Å². The van der Waals surface area contributed by atoms with Gasteiger partial charge in [-0.15, -0.1) is 0 Å². The number of carbonyl (C=O) groups excluding carboxylic acids is 1. The van der Waals surface area contributed by atoms with Gasteiger partial charge in [0.15, 0.2) is 5.78 Å². The van der Waals surface area contributed by atoms with Crippen LogP contribution in [0, 0.1) is 5.92 Å². The molecule has 0 aliphatic carbocycles. The average molecular weight is 257 g/mol. The molecule has 1 unspecified atom stereocenters. The van der Waals surface area contributed by atoms with Crippen LogP contribution in [0.1, 0.15) is 55.4 Å². The highest BCUT2D eigenvalue weighted by Crippen LogP contribution is 2.16. The Balaban J connectivity index is 4.98. The predicted octanol–water partition coefficient (Wildman–Crippen LogP) is 3.12. The Morgan fingerprint density at radius 1 is 0.944 bits per heavy atom. The van der Waals surface area contributed by atoms with Gasteiger partial charge in [0, 0.05) is 18.0 Å². The van der Waals surface area contributed by atoms with Gasteiger partial charge < -0.3 is 4.74 Å². The Morgan fingerprint density at radius 2 is 1.39 bits per heavy atom. The van der Waals surface area contributed by atoms with Crippen LogP contribution in [-0.2, 0) is 9.53 Å². The third-order valence-electron chi connectivity index (χ3n) is 3.04. The lowest BCUT2D eigenvalue weighted by Crippen LogP contribution is -2.52. The monoisotopic (exact) mass is 257 g/mol. The van der Waals surface area contributed by atoms with Gasteiger partial charge in [-0.05, 0) is 41.5 Å². The summed E-state index contributed by atoms with van der Waals surface area (Å²) in [5.74, 6) is 0.323. The number of ketones is 1. The molecule has 1 atom stereocenters. The highest BCUT2D eigenvalue weighted by Gasteiger charge is 2.31. The zero-order chi connectivity index (χ0) is 14.5. The van der Waals surface area contributed by atoms with Crippen LogP contribution >= 0.6 is 0 Å². The van der Waals surface area contributed by atoms with Crippen molar-refractivity contribution in [3.63, 3.8) is 0 Å². The number of carbonyl (C=O) groups is 1. The first-order valence-corrected chi connectivity index (χ1v) is 7.11. The van der Waals surface area contributed by atoms with Crippen LogP contribution in [0.2, 0.25) is 0 Å². The summed E-state index contributed by atoms with van der Waals surface area (Å²) in [7, 11) is 0. The Bertz CT molecular complexity index is 239. The van der Waals surface area contributed by atoms with Crippen LogP contribution in [-0.4, -0.2) is 41.5 Å². The molecule has 3 nitrogen and oxygen atoms in total. The smallest absolute Gasteiger partial charge is 0.154 e. The molecule has 0 aliphatic rings. The normalized spacial score (nSPS) is 14.3. The minimum absolute atomic E-state index is 0.0470. The van der Waals surface area contributed by atoms with Crippen LogP contribution in [0.4, 0.5) is 0 Å². The summed E-state index contributed by atoms with van der Waals surface area (Å²) in [6, 6.07) is 0.550. The van der Waals surface area contributed by atoms with Crippen LogP contribution in [0.15, 0.2) is 0 Å². The highest BCUT2D eigenvalue weighted by atomic mass is 16.5. The maximum atomic E-state index is 12.4. The van der Waals surface area contributed by atoms with Crippen molar-refractivity contribution in [2.45, 2.75) is 79.6 Å². The molecule has 0 radical (unpaired) electrons. The van der Waals surface area contributed by atoms with E-state index in [9.17, 15) is 4.79 Å². The van der Waals surface area contributed by atoms with Crippen LogP contribution in [0.5, 0.6) is 0 Å². The second-order valence-corrected chi connectivity index (χ2v) is 6.09. The predicted molar refractivity (Wildman–Crippen MR) is 76.8 cm³/mol. The first-order chi connectivity index (χ1) is 8.18. The van der Waals surface area contributed by atoms with Crippen molar-refractivity contribution in [2.24, 2.45) is 5.92 Å². The van der Waals surface area contributed by atoms with E-state index in [4.69, 9.17) is 4.74 Å². The van der Waals surface area contributed by atoms with E-state index in [0.717, 1.165) is 0 Å². The van der Waals surface area contributed by atoms with Gasteiger partial charge in [0.25, 0.3) is 0 Å². The molecule has 0 spiro atoms. The summed E-state index contributed by atoms with van der Waals surface area (Å²) in [5.41, 5.74) is 0. The summed E-state index contributed by atoms with van der Waals surface area (Å²) in [6.07, 6.45) is 0.161. The van der Waals surface area contributed by atoms with Gasteiger partial charge in [-0.1, -0.05) is 13.8 Å². The molecule has 0 fully saturated rings. The molecule has 0 aliphatic heterocycles. The first-order valence-electron chi connectivity index (χ1n) is 7.11. The molecule has 0 aromatic rings. The van der Waals surface area contributed by atoms with Crippen molar-refractivity contribution in [3.8, 4) is 0 Å². The fraction of sp³-hybridized carbons (Fsp3) is 0.933. The third kappa shape index (κ3) is 5.49. The van der Waals surface area contributed by atoms with E-state index in [-0.39, 0.29) is 23.8 Å². The van der Waals surface area contributed by atoms with E-state index in [1.807, 2.05) is 27.7 Å². The van der Waals surface area contributed by atoms with Gasteiger partial charge in [0.05, 0.1) is 18.8 Å². The summed E-state index contributed by atoms with van der Waals surface area (Å²) < 4.78 is 5.69. The van der Waals surface area contributed by atoms with Crippen molar-refractivity contribution >= 4 is 5.78 Å². The minimum Gasteiger partial charge on any atom is -0.377 e.